The Balaban J connectivity index is 0.639. The Bertz CT molecular complexity index is 3250. The number of amides is 4. The molecule has 24 heteroatoms. The largest absolute Gasteiger partial charge is 0.491 e. The summed E-state index contributed by atoms with van der Waals surface area (Å²) in [6, 6.07) is 22.8. The molecule has 2 N–H and O–H groups in total. The molecule has 88 heavy (non-hydrogen) atoms. The van der Waals surface area contributed by atoms with Crippen molar-refractivity contribution in [2.24, 2.45) is 5.92 Å². The number of aliphatic hydroxyl groups excluding tert-OH is 1. The molecule has 3 atom stereocenters. The molecule has 2 saturated heterocycles. The molecule has 1 unspecified atom stereocenters. The molecule has 4 aromatic carbocycles. The Hall–Kier alpha value is -7.08. The van der Waals surface area contributed by atoms with E-state index in [0.29, 0.717) is 95.4 Å². The maximum atomic E-state index is 14.3. The SMILES string of the molecule is Cc1ncsc1-c1ccc(CNC(=O)[C@@H]2C[C@@H](O)CN2C(=O)C(C(C)C)N2Cc3ccccc3C2=O)c(OCCOCCOCCCCOCCCCOCCOCCOc2ccc(N3C(=S)N(c4ccc(C#N)c(C(F)(F)F)c4)C(=O)C3(C)C)cc2)c1. The van der Waals surface area contributed by atoms with Crippen LogP contribution in [0.4, 0.5) is 24.5 Å². The molecule has 5 aromatic rings. The van der Waals surface area contributed by atoms with E-state index in [-0.39, 0.29) is 61.3 Å². The highest BCUT2D eigenvalue weighted by Gasteiger charge is 2.51. The van der Waals surface area contributed by atoms with E-state index >= 15 is 0 Å². The van der Waals surface area contributed by atoms with Crippen LogP contribution in [0.5, 0.6) is 11.5 Å². The van der Waals surface area contributed by atoms with Gasteiger partial charge in [0.15, 0.2) is 5.11 Å². The topological polar surface area (TPSA) is 215 Å². The number of anilines is 2. The van der Waals surface area contributed by atoms with E-state index in [1.807, 2.05) is 51.1 Å². The summed E-state index contributed by atoms with van der Waals surface area (Å²) < 4.78 is 81.9. The highest BCUT2D eigenvalue weighted by molar-refractivity contribution is 7.81. The van der Waals surface area contributed by atoms with E-state index in [2.05, 4.69) is 10.3 Å². The molecular formula is C64H76F3N7O12S2. The summed E-state index contributed by atoms with van der Waals surface area (Å²) in [5.74, 6) is -0.632. The number of ether oxygens (including phenoxy) is 7. The van der Waals surface area contributed by atoms with E-state index in [1.54, 1.807) is 71.6 Å². The normalized spacial score (nSPS) is 16.9. The average Bonchev–Trinajstić information content (AvgIpc) is 1.69. The van der Waals surface area contributed by atoms with Gasteiger partial charge in [0.2, 0.25) is 11.8 Å². The van der Waals surface area contributed by atoms with Crippen molar-refractivity contribution in [2.45, 2.75) is 110 Å². The van der Waals surface area contributed by atoms with Crippen LogP contribution in [0.1, 0.15) is 98.1 Å². The minimum absolute atomic E-state index is 0.00118. The third-order valence-electron chi connectivity index (χ3n) is 15.3. The van der Waals surface area contributed by atoms with Crippen molar-refractivity contribution in [2.75, 3.05) is 95.6 Å². The number of hydrogen-bond donors (Lipinski definition) is 2. The van der Waals surface area contributed by atoms with Gasteiger partial charge in [0.1, 0.15) is 42.3 Å². The molecule has 3 aliphatic heterocycles. The molecule has 472 valence electrons. The Morgan fingerprint density at radius 2 is 1.42 bits per heavy atom. The van der Waals surface area contributed by atoms with E-state index in [9.17, 15) is 42.7 Å². The predicted octanol–water partition coefficient (Wildman–Crippen LogP) is 9.29. The fourth-order valence-electron chi connectivity index (χ4n) is 10.8. The molecule has 3 aliphatic rings. The molecule has 0 radical (unpaired) electrons. The molecule has 0 spiro atoms. The molecular weight excluding hydrogens is 1180 g/mol. The van der Waals surface area contributed by atoms with Crippen LogP contribution in [0, 0.1) is 24.2 Å². The lowest BCUT2D eigenvalue weighted by Crippen LogP contribution is -2.55. The second-order valence-electron chi connectivity index (χ2n) is 22.3. The average molecular weight is 1260 g/mol. The van der Waals surface area contributed by atoms with Crippen molar-refractivity contribution in [3.63, 3.8) is 0 Å². The number of β-amino-alcohol motifs (C(OH)–C–C–N with tert-alkyl or cyclic N) is 1. The van der Waals surface area contributed by atoms with Gasteiger partial charge in [-0.3, -0.25) is 24.1 Å². The smallest absolute Gasteiger partial charge is 0.417 e. The zero-order chi connectivity index (χ0) is 63.0. The highest BCUT2D eigenvalue weighted by atomic mass is 32.1. The molecule has 0 aliphatic carbocycles. The molecule has 19 nitrogen and oxygen atoms in total. The van der Waals surface area contributed by atoms with Crippen LogP contribution in [-0.2, 0) is 57.3 Å². The van der Waals surface area contributed by atoms with Crippen LogP contribution >= 0.6 is 23.6 Å². The Morgan fingerprint density at radius 1 is 0.818 bits per heavy atom. The van der Waals surface area contributed by atoms with Gasteiger partial charge in [-0.1, -0.05) is 44.2 Å². The molecule has 0 saturated carbocycles. The lowest BCUT2D eigenvalue weighted by Gasteiger charge is -2.35. The minimum Gasteiger partial charge on any atom is -0.491 e. The van der Waals surface area contributed by atoms with E-state index in [0.717, 1.165) is 70.0 Å². The highest BCUT2D eigenvalue weighted by Crippen LogP contribution is 2.41. The van der Waals surface area contributed by atoms with Crippen molar-refractivity contribution >= 4 is 63.7 Å². The van der Waals surface area contributed by atoms with E-state index in [1.165, 1.54) is 22.3 Å². The number of nitrogens with one attached hydrogen (secondary N) is 1. The quantitative estimate of drug-likeness (QED) is 0.0296. The van der Waals surface area contributed by atoms with Crippen LogP contribution in [0.3, 0.4) is 0 Å². The number of carbonyl (C=O) groups is 4. The molecule has 4 heterocycles. The molecule has 8 rings (SSSR count). The number of halogens is 3. The third kappa shape index (κ3) is 16.8. The molecule has 4 amide bonds. The second-order valence-corrected chi connectivity index (χ2v) is 23.5. The van der Waals surface area contributed by atoms with Crippen LogP contribution in [-0.4, -0.2) is 158 Å². The number of likely N-dealkylation sites (tertiary alicyclic amines) is 1. The standard InChI is InChI=1S/C64H76F3N7O12S2/c1-42(2)56(72-39-47-12-6-7-13-52(47)59(72)77)60(78)71-40-50(75)36-54(71)58(76)69-38-46-15-14-44(57-43(3)70-41-88-57)34-55(46)86-33-31-84-29-27-82-25-11-9-23-80-22-8-10-24-81-26-28-83-30-32-85-51-20-18-48(19-21-51)74-62(87)73(61(79)63(74,4)5)49-17-16-45(37-68)53(35-49)64(65,66)67/h6-7,12-21,34-35,41-42,50,54,56,75H,8-11,22-33,36,38-40H2,1-5H3,(H,69,76)/t50-,54+,56?/m1/s1. The number of unbranched alkanes of at least 4 members (excludes halogenated alkanes) is 2. The summed E-state index contributed by atoms with van der Waals surface area (Å²) in [6.07, 6.45) is -2.18. The van der Waals surface area contributed by atoms with E-state index in [4.69, 9.17) is 45.4 Å². The number of carbonyl (C=O) groups excluding carboxylic acids is 4. The predicted molar refractivity (Wildman–Crippen MR) is 328 cm³/mol. The van der Waals surface area contributed by atoms with Crippen LogP contribution < -0.4 is 24.6 Å². The summed E-state index contributed by atoms with van der Waals surface area (Å²) in [4.78, 5) is 66.2. The van der Waals surface area contributed by atoms with E-state index < -0.39 is 52.8 Å². The van der Waals surface area contributed by atoms with Gasteiger partial charge in [-0.25, -0.2) is 4.98 Å². The van der Waals surface area contributed by atoms with Gasteiger partial charge >= 0.3 is 6.18 Å². The number of thiazole rings is 1. The number of nitrogens with zero attached hydrogens (tertiary/aromatic N) is 6. The van der Waals surface area contributed by atoms with Gasteiger partial charge in [0.25, 0.3) is 11.8 Å². The number of aliphatic hydroxyl groups is 1. The van der Waals surface area contributed by atoms with Crippen LogP contribution in [0.15, 0.2) is 90.4 Å². The minimum atomic E-state index is -4.80. The number of alkyl halides is 3. The van der Waals surface area contributed by atoms with Crippen LogP contribution in [0.2, 0.25) is 0 Å². The number of hydrogen-bond acceptors (Lipinski definition) is 16. The summed E-state index contributed by atoms with van der Waals surface area (Å²) in [5.41, 5.74) is 3.29. The summed E-state index contributed by atoms with van der Waals surface area (Å²) >= 11 is 7.15. The van der Waals surface area contributed by atoms with Crippen molar-refractivity contribution < 1.29 is 70.6 Å². The van der Waals surface area contributed by atoms with Gasteiger partial charge in [0, 0.05) is 69.3 Å². The van der Waals surface area contributed by atoms with Gasteiger partial charge < -0.3 is 58.3 Å². The molecule has 1 aromatic heterocycles. The summed E-state index contributed by atoms with van der Waals surface area (Å²) in [6.45, 7) is 14.6. The van der Waals surface area contributed by atoms with Gasteiger partial charge in [-0.15, -0.1) is 11.3 Å². The monoisotopic (exact) mass is 1260 g/mol. The number of aromatic nitrogens is 1. The summed E-state index contributed by atoms with van der Waals surface area (Å²) in [7, 11) is 0. The second kappa shape index (κ2) is 31.4. The fourth-order valence-corrected chi connectivity index (χ4v) is 12.1. The first-order chi connectivity index (χ1) is 42.3. The fraction of sp³-hybridized carbons (Fsp3) is 0.484. The van der Waals surface area contributed by atoms with Crippen molar-refractivity contribution in [3.8, 4) is 28.0 Å². The number of nitriles is 1. The number of aryl methyl sites for hydroxylation is 1. The third-order valence-corrected chi connectivity index (χ3v) is 16.6. The zero-order valence-electron chi connectivity index (χ0n) is 50.2. The molecule has 0 bridgehead atoms. The lowest BCUT2D eigenvalue weighted by atomic mass is 10.0. The Morgan fingerprint density at radius 3 is 2.02 bits per heavy atom. The first kappa shape index (κ1) is 66.9. The number of thiocarbonyl (C=S) groups is 1. The number of benzene rings is 4. The van der Waals surface area contributed by atoms with Crippen molar-refractivity contribution in [1.29, 1.82) is 5.26 Å². The maximum absolute atomic E-state index is 14.3. The Kier molecular flexibility index (Phi) is 23.9. The number of rotatable bonds is 33. The van der Waals surface area contributed by atoms with Crippen LogP contribution in [0.25, 0.3) is 10.4 Å². The van der Waals surface area contributed by atoms with Crippen molar-refractivity contribution in [3.05, 3.63) is 124 Å². The summed E-state index contributed by atoms with van der Waals surface area (Å²) in [5, 5.41) is 23.0. The van der Waals surface area contributed by atoms with Gasteiger partial charge in [0.05, 0.1) is 84.7 Å². The zero-order valence-corrected chi connectivity index (χ0v) is 51.8. The number of fused-ring (bicyclic) bond motifs is 1. The first-order valence-corrected chi connectivity index (χ1v) is 30.8. The molecule has 2 fully saturated rings. The van der Waals surface area contributed by atoms with Gasteiger partial charge in [-0.05, 0) is 130 Å². The van der Waals surface area contributed by atoms with Crippen molar-refractivity contribution in [1.82, 2.24) is 20.1 Å². The maximum Gasteiger partial charge on any atom is 0.417 e. The first-order valence-electron chi connectivity index (χ1n) is 29.5. The van der Waals surface area contributed by atoms with Gasteiger partial charge in [-0.2, -0.15) is 18.4 Å². The Labute approximate surface area is 520 Å². The lowest BCUT2D eigenvalue weighted by molar-refractivity contribution is -0.143.